The molecule has 0 aromatic heterocycles. The summed E-state index contributed by atoms with van der Waals surface area (Å²) in [5, 5.41) is 23.2. The van der Waals surface area contributed by atoms with E-state index in [9.17, 15) is 9.59 Å². The predicted molar refractivity (Wildman–Crippen MR) is 69.7 cm³/mol. The van der Waals surface area contributed by atoms with Gasteiger partial charge in [-0.15, -0.1) is 0 Å². The van der Waals surface area contributed by atoms with Crippen molar-refractivity contribution in [1.82, 2.24) is 10.6 Å². The minimum absolute atomic E-state index is 0.0133. The van der Waals surface area contributed by atoms with Crippen LogP contribution in [0.5, 0.6) is 0 Å². The van der Waals surface area contributed by atoms with Crippen LogP contribution in [-0.2, 0) is 4.79 Å². The summed E-state index contributed by atoms with van der Waals surface area (Å²) in [7, 11) is 0. The Balaban J connectivity index is 2.42. The lowest BCUT2D eigenvalue weighted by atomic mass is 10.2. The van der Waals surface area contributed by atoms with Crippen LogP contribution in [0.2, 0.25) is 0 Å². The molecule has 1 fully saturated rings. The number of urea groups is 1. The average Bonchev–Trinajstić information content (AvgIpc) is 2.75. The van der Waals surface area contributed by atoms with E-state index in [2.05, 4.69) is 10.6 Å². The SMILES string of the molecule is CSC1CCCC1NC(=O)N[C@H](CCO)C(=O)O. The standard InChI is InChI=1S/C11H20N2O4S/c1-18-9-4-2-3-7(9)12-11(17)13-8(5-6-14)10(15)16/h7-9,14H,2-6H2,1H3,(H,15,16)(H2,12,13,17)/t7?,8-,9?/m1/s1. The quantitative estimate of drug-likeness (QED) is 0.563. The molecule has 0 aliphatic heterocycles. The van der Waals surface area contributed by atoms with Gasteiger partial charge < -0.3 is 20.8 Å². The van der Waals surface area contributed by atoms with E-state index in [1.54, 1.807) is 11.8 Å². The van der Waals surface area contributed by atoms with Crippen molar-refractivity contribution < 1.29 is 19.8 Å². The number of aliphatic hydroxyl groups is 1. The number of carbonyl (C=O) groups is 2. The summed E-state index contributed by atoms with van der Waals surface area (Å²) in [6.07, 6.45) is 5.10. The first-order chi connectivity index (χ1) is 8.58. The zero-order valence-corrected chi connectivity index (χ0v) is 11.2. The summed E-state index contributed by atoms with van der Waals surface area (Å²) in [5.74, 6) is -1.13. The lowest BCUT2D eigenvalue weighted by molar-refractivity contribution is -0.139. The van der Waals surface area contributed by atoms with Crippen LogP contribution in [0, 0.1) is 0 Å². The average molecular weight is 276 g/mol. The first-order valence-corrected chi connectivity index (χ1v) is 7.30. The molecule has 7 heteroatoms. The van der Waals surface area contributed by atoms with E-state index in [0.29, 0.717) is 5.25 Å². The van der Waals surface area contributed by atoms with Crippen LogP contribution in [0.4, 0.5) is 4.79 Å². The van der Waals surface area contributed by atoms with Crippen molar-refractivity contribution in [3.63, 3.8) is 0 Å². The topological polar surface area (TPSA) is 98.7 Å². The Hall–Kier alpha value is -0.950. The van der Waals surface area contributed by atoms with Gasteiger partial charge >= 0.3 is 12.0 Å². The highest BCUT2D eigenvalue weighted by molar-refractivity contribution is 7.99. The molecule has 1 aliphatic rings. The molecule has 0 bridgehead atoms. The Morgan fingerprint density at radius 2 is 2.17 bits per heavy atom. The molecule has 0 saturated heterocycles. The number of aliphatic carboxylic acids is 1. The highest BCUT2D eigenvalue weighted by atomic mass is 32.2. The molecule has 0 radical (unpaired) electrons. The zero-order chi connectivity index (χ0) is 13.5. The van der Waals surface area contributed by atoms with Crippen LogP contribution in [0.3, 0.4) is 0 Å². The molecule has 1 saturated carbocycles. The molecule has 1 rings (SSSR count). The highest BCUT2D eigenvalue weighted by Crippen LogP contribution is 2.28. The Morgan fingerprint density at radius 1 is 1.44 bits per heavy atom. The van der Waals surface area contributed by atoms with Crippen molar-refractivity contribution in [3.8, 4) is 0 Å². The zero-order valence-electron chi connectivity index (χ0n) is 10.4. The van der Waals surface area contributed by atoms with E-state index in [-0.39, 0.29) is 19.1 Å². The molecule has 0 spiro atoms. The Kier molecular flexibility index (Phi) is 6.28. The molecule has 1 aliphatic carbocycles. The number of aliphatic hydroxyl groups excluding tert-OH is 1. The fraction of sp³-hybridized carbons (Fsp3) is 0.818. The molecule has 2 unspecified atom stereocenters. The number of thioether (sulfide) groups is 1. The molecule has 4 N–H and O–H groups in total. The van der Waals surface area contributed by atoms with Crippen LogP contribution in [-0.4, -0.2) is 52.4 Å². The second-order valence-corrected chi connectivity index (χ2v) is 5.41. The number of hydrogen-bond acceptors (Lipinski definition) is 4. The summed E-state index contributed by atoms with van der Waals surface area (Å²) in [6, 6.07) is -1.41. The Bertz CT molecular complexity index is 301. The van der Waals surface area contributed by atoms with Gasteiger partial charge in [-0.25, -0.2) is 9.59 Å². The van der Waals surface area contributed by atoms with Crippen LogP contribution in [0.1, 0.15) is 25.7 Å². The van der Waals surface area contributed by atoms with Gasteiger partial charge in [0.15, 0.2) is 0 Å². The molecule has 2 amide bonds. The van der Waals surface area contributed by atoms with Gasteiger partial charge in [-0.1, -0.05) is 6.42 Å². The van der Waals surface area contributed by atoms with Crippen LogP contribution < -0.4 is 10.6 Å². The molecular formula is C11H20N2O4S. The number of hydrogen-bond donors (Lipinski definition) is 4. The summed E-state index contributed by atoms with van der Waals surface area (Å²) < 4.78 is 0. The van der Waals surface area contributed by atoms with Gasteiger partial charge in [0.05, 0.1) is 0 Å². The monoisotopic (exact) mass is 276 g/mol. The third-order valence-electron chi connectivity index (χ3n) is 3.09. The fourth-order valence-electron chi connectivity index (χ4n) is 2.13. The molecule has 18 heavy (non-hydrogen) atoms. The Morgan fingerprint density at radius 3 is 2.72 bits per heavy atom. The van der Waals surface area contributed by atoms with Crippen molar-refractivity contribution in [1.29, 1.82) is 0 Å². The first kappa shape index (κ1) is 15.1. The van der Waals surface area contributed by atoms with E-state index in [1.807, 2.05) is 6.26 Å². The maximum atomic E-state index is 11.7. The summed E-state index contributed by atoms with van der Waals surface area (Å²) in [4.78, 5) is 22.5. The predicted octanol–water partition coefficient (Wildman–Crippen LogP) is 0.405. The molecule has 0 aromatic carbocycles. The van der Waals surface area contributed by atoms with Gasteiger partial charge in [-0.05, 0) is 19.1 Å². The number of carbonyl (C=O) groups excluding carboxylic acids is 1. The lowest BCUT2D eigenvalue weighted by Crippen LogP contribution is -2.50. The summed E-state index contributed by atoms with van der Waals surface area (Å²) in [6.45, 7) is -0.270. The van der Waals surface area contributed by atoms with E-state index in [0.717, 1.165) is 19.3 Å². The van der Waals surface area contributed by atoms with Gasteiger partial charge in [0.2, 0.25) is 0 Å². The van der Waals surface area contributed by atoms with Gasteiger partial charge in [-0.2, -0.15) is 11.8 Å². The van der Waals surface area contributed by atoms with Crippen molar-refractivity contribution >= 4 is 23.8 Å². The molecule has 6 nitrogen and oxygen atoms in total. The van der Waals surface area contributed by atoms with Crippen molar-refractivity contribution in [2.24, 2.45) is 0 Å². The number of carboxylic acids is 1. The van der Waals surface area contributed by atoms with Crippen LogP contribution >= 0.6 is 11.8 Å². The second kappa shape index (κ2) is 7.48. The Labute approximate surface area is 111 Å². The van der Waals surface area contributed by atoms with E-state index >= 15 is 0 Å². The summed E-state index contributed by atoms with van der Waals surface area (Å²) in [5.41, 5.74) is 0. The smallest absolute Gasteiger partial charge is 0.326 e. The normalized spacial score (nSPS) is 24.6. The largest absolute Gasteiger partial charge is 0.480 e. The molecular weight excluding hydrogens is 256 g/mol. The molecule has 0 aromatic rings. The van der Waals surface area contributed by atoms with Crippen molar-refractivity contribution in [3.05, 3.63) is 0 Å². The maximum Gasteiger partial charge on any atom is 0.326 e. The van der Waals surface area contributed by atoms with Crippen molar-refractivity contribution in [2.75, 3.05) is 12.9 Å². The first-order valence-electron chi connectivity index (χ1n) is 6.02. The van der Waals surface area contributed by atoms with Crippen molar-refractivity contribution in [2.45, 2.75) is 43.0 Å². The third-order valence-corrected chi connectivity index (χ3v) is 4.26. The summed E-state index contributed by atoms with van der Waals surface area (Å²) >= 11 is 1.72. The van der Waals surface area contributed by atoms with E-state index in [4.69, 9.17) is 10.2 Å². The number of rotatable bonds is 6. The van der Waals surface area contributed by atoms with Gasteiger partial charge in [0.25, 0.3) is 0 Å². The molecule has 0 heterocycles. The van der Waals surface area contributed by atoms with Crippen LogP contribution in [0.25, 0.3) is 0 Å². The molecule has 104 valence electrons. The molecule has 3 atom stereocenters. The minimum atomic E-state index is -1.13. The third kappa shape index (κ3) is 4.38. The van der Waals surface area contributed by atoms with Gasteiger partial charge in [-0.3, -0.25) is 0 Å². The highest BCUT2D eigenvalue weighted by Gasteiger charge is 2.28. The van der Waals surface area contributed by atoms with Gasteiger partial charge in [0.1, 0.15) is 6.04 Å². The number of amides is 2. The van der Waals surface area contributed by atoms with Gasteiger partial charge in [0, 0.05) is 24.3 Å². The lowest BCUT2D eigenvalue weighted by Gasteiger charge is -2.21. The number of carboxylic acid groups (broad SMARTS) is 1. The fourth-order valence-corrected chi connectivity index (χ4v) is 3.06. The minimum Gasteiger partial charge on any atom is -0.480 e. The number of nitrogens with one attached hydrogen (secondary N) is 2. The maximum absolute atomic E-state index is 11.7. The second-order valence-electron chi connectivity index (χ2n) is 4.33. The van der Waals surface area contributed by atoms with E-state index in [1.165, 1.54) is 0 Å². The van der Waals surface area contributed by atoms with Crippen LogP contribution in [0.15, 0.2) is 0 Å². The van der Waals surface area contributed by atoms with E-state index < -0.39 is 18.0 Å².